The molecule has 1 rings (SSSR count). The lowest BCUT2D eigenvalue weighted by molar-refractivity contribution is 0.0159. The average Bonchev–Trinajstić information content (AvgIpc) is 3.03. The predicted molar refractivity (Wildman–Crippen MR) is 65.1 cm³/mol. The summed E-state index contributed by atoms with van der Waals surface area (Å²) in [6.45, 7) is 8.70. The minimum Gasteiger partial charge on any atom is -0.376 e. The molecule has 2 nitrogen and oxygen atoms in total. The first kappa shape index (κ1) is 13.0. The molecule has 2 heteroatoms. The summed E-state index contributed by atoms with van der Waals surface area (Å²) in [6.07, 6.45) is 6.79. The van der Waals surface area contributed by atoms with Gasteiger partial charge in [-0.25, -0.2) is 0 Å². The van der Waals surface area contributed by atoms with Crippen LogP contribution < -0.4 is 5.32 Å². The highest BCUT2D eigenvalue weighted by Gasteiger charge is 2.25. The Bertz CT molecular complexity index is 151. The van der Waals surface area contributed by atoms with Gasteiger partial charge in [0.1, 0.15) is 0 Å². The van der Waals surface area contributed by atoms with Crippen LogP contribution >= 0.6 is 0 Å². The van der Waals surface area contributed by atoms with Gasteiger partial charge in [0, 0.05) is 12.6 Å². The molecule has 1 aliphatic rings. The van der Waals surface area contributed by atoms with Crippen LogP contribution in [0.2, 0.25) is 0 Å². The van der Waals surface area contributed by atoms with Gasteiger partial charge in [0.2, 0.25) is 0 Å². The minimum absolute atomic E-state index is 0.422. The van der Waals surface area contributed by atoms with Crippen LogP contribution in [-0.2, 0) is 4.74 Å². The van der Waals surface area contributed by atoms with Crippen molar-refractivity contribution in [2.75, 3.05) is 13.2 Å². The molecule has 0 amide bonds. The molecule has 1 saturated carbocycles. The first-order valence-corrected chi connectivity index (χ1v) is 6.66. The molecule has 1 fully saturated rings. The number of likely N-dealkylation sites (N-methyl/N-ethyl adjacent to an activating group) is 1. The second-order valence-electron chi connectivity index (χ2n) is 4.68. The summed E-state index contributed by atoms with van der Waals surface area (Å²) >= 11 is 0. The van der Waals surface area contributed by atoms with Crippen molar-refractivity contribution >= 4 is 0 Å². The van der Waals surface area contributed by atoms with Crippen molar-refractivity contribution < 1.29 is 4.74 Å². The van der Waals surface area contributed by atoms with E-state index in [-0.39, 0.29) is 0 Å². The van der Waals surface area contributed by atoms with Crippen molar-refractivity contribution in [3.05, 3.63) is 0 Å². The van der Waals surface area contributed by atoms with E-state index < -0.39 is 0 Å². The standard InChI is InChI=1S/C13H27NO/c1-4-7-12(14-6-3)13(5-2)15-10-11-8-9-11/h11-14H,4-10H2,1-3H3. The third-order valence-electron chi connectivity index (χ3n) is 3.16. The highest BCUT2D eigenvalue weighted by Crippen LogP contribution is 2.29. The zero-order chi connectivity index (χ0) is 11.1. The first-order chi connectivity index (χ1) is 7.31. The topological polar surface area (TPSA) is 21.3 Å². The molecule has 0 aliphatic heterocycles. The summed E-state index contributed by atoms with van der Waals surface area (Å²) < 4.78 is 6.02. The number of nitrogens with one attached hydrogen (secondary N) is 1. The lowest BCUT2D eigenvalue weighted by Gasteiger charge is -2.27. The van der Waals surface area contributed by atoms with E-state index in [0.29, 0.717) is 12.1 Å². The van der Waals surface area contributed by atoms with Gasteiger partial charge in [-0.1, -0.05) is 27.2 Å². The molecule has 1 N–H and O–H groups in total. The average molecular weight is 213 g/mol. The predicted octanol–water partition coefficient (Wildman–Crippen LogP) is 2.97. The van der Waals surface area contributed by atoms with E-state index >= 15 is 0 Å². The summed E-state index contributed by atoms with van der Waals surface area (Å²) in [5, 5.41) is 3.55. The van der Waals surface area contributed by atoms with Crippen molar-refractivity contribution in [1.29, 1.82) is 0 Å². The molecule has 2 atom stereocenters. The maximum atomic E-state index is 6.02. The Balaban J connectivity index is 2.28. The monoisotopic (exact) mass is 213 g/mol. The number of hydrogen-bond acceptors (Lipinski definition) is 2. The maximum absolute atomic E-state index is 6.02. The van der Waals surface area contributed by atoms with Crippen molar-refractivity contribution in [2.45, 2.75) is 65.0 Å². The first-order valence-electron chi connectivity index (χ1n) is 6.66. The Morgan fingerprint density at radius 1 is 1.27 bits per heavy atom. The van der Waals surface area contributed by atoms with Gasteiger partial charge in [-0.15, -0.1) is 0 Å². The molecule has 0 heterocycles. The van der Waals surface area contributed by atoms with Crippen LogP contribution in [0.1, 0.15) is 52.9 Å². The van der Waals surface area contributed by atoms with Gasteiger partial charge in [-0.2, -0.15) is 0 Å². The van der Waals surface area contributed by atoms with E-state index in [4.69, 9.17) is 4.74 Å². The van der Waals surface area contributed by atoms with Crippen LogP contribution in [0.3, 0.4) is 0 Å². The number of rotatable bonds is 9. The molecule has 0 bridgehead atoms. The van der Waals surface area contributed by atoms with Gasteiger partial charge in [0.15, 0.2) is 0 Å². The summed E-state index contributed by atoms with van der Waals surface area (Å²) in [4.78, 5) is 0. The van der Waals surface area contributed by atoms with E-state index in [1.807, 2.05) is 0 Å². The summed E-state index contributed by atoms with van der Waals surface area (Å²) in [6, 6.07) is 0.559. The normalized spacial score (nSPS) is 20.2. The third-order valence-corrected chi connectivity index (χ3v) is 3.16. The molecule has 0 aromatic carbocycles. The van der Waals surface area contributed by atoms with E-state index in [0.717, 1.165) is 25.5 Å². The molecular weight excluding hydrogens is 186 g/mol. The van der Waals surface area contributed by atoms with Crippen molar-refractivity contribution in [1.82, 2.24) is 5.32 Å². The van der Waals surface area contributed by atoms with Crippen LogP contribution in [0, 0.1) is 5.92 Å². The van der Waals surface area contributed by atoms with Crippen molar-refractivity contribution in [2.24, 2.45) is 5.92 Å². The van der Waals surface area contributed by atoms with Crippen molar-refractivity contribution in [3.63, 3.8) is 0 Å². The molecule has 1 aliphatic carbocycles. The molecule has 90 valence electrons. The molecule has 0 aromatic rings. The molecule has 0 radical (unpaired) electrons. The zero-order valence-corrected chi connectivity index (χ0v) is 10.6. The van der Waals surface area contributed by atoms with Gasteiger partial charge in [0.05, 0.1) is 6.10 Å². The van der Waals surface area contributed by atoms with E-state index in [1.165, 1.54) is 25.7 Å². The summed E-state index contributed by atoms with van der Waals surface area (Å²) in [5.74, 6) is 0.878. The summed E-state index contributed by atoms with van der Waals surface area (Å²) in [5.41, 5.74) is 0. The Morgan fingerprint density at radius 3 is 2.47 bits per heavy atom. The zero-order valence-electron chi connectivity index (χ0n) is 10.6. The number of ether oxygens (including phenoxy) is 1. The highest BCUT2D eigenvalue weighted by atomic mass is 16.5. The molecular formula is C13H27NO. The Labute approximate surface area is 94.8 Å². The number of hydrogen-bond donors (Lipinski definition) is 1. The maximum Gasteiger partial charge on any atom is 0.0725 e. The van der Waals surface area contributed by atoms with Gasteiger partial charge in [0.25, 0.3) is 0 Å². The minimum atomic E-state index is 0.422. The fourth-order valence-electron chi connectivity index (χ4n) is 2.06. The van der Waals surface area contributed by atoms with Gasteiger partial charge >= 0.3 is 0 Å². The van der Waals surface area contributed by atoms with Crippen LogP contribution in [-0.4, -0.2) is 25.3 Å². The van der Waals surface area contributed by atoms with E-state index in [9.17, 15) is 0 Å². The SMILES string of the molecule is CCCC(NCC)C(CC)OCC1CC1. The lowest BCUT2D eigenvalue weighted by atomic mass is 10.0. The Kier molecular flexibility index (Phi) is 6.26. The van der Waals surface area contributed by atoms with Crippen molar-refractivity contribution in [3.8, 4) is 0 Å². The lowest BCUT2D eigenvalue weighted by Crippen LogP contribution is -2.41. The molecule has 0 aromatic heterocycles. The Morgan fingerprint density at radius 2 is 2.00 bits per heavy atom. The van der Waals surface area contributed by atoms with Gasteiger partial charge in [-0.3, -0.25) is 0 Å². The molecule has 15 heavy (non-hydrogen) atoms. The largest absolute Gasteiger partial charge is 0.376 e. The van der Waals surface area contributed by atoms with Crippen LogP contribution in [0.15, 0.2) is 0 Å². The van der Waals surface area contributed by atoms with Crippen LogP contribution in [0.4, 0.5) is 0 Å². The molecule has 2 unspecified atom stereocenters. The summed E-state index contributed by atoms with van der Waals surface area (Å²) in [7, 11) is 0. The van der Waals surface area contributed by atoms with Gasteiger partial charge < -0.3 is 10.1 Å². The second-order valence-corrected chi connectivity index (χ2v) is 4.68. The van der Waals surface area contributed by atoms with Gasteiger partial charge in [-0.05, 0) is 38.1 Å². The van der Waals surface area contributed by atoms with E-state index in [1.54, 1.807) is 0 Å². The van der Waals surface area contributed by atoms with E-state index in [2.05, 4.69) is 26.1 Å². The Hall–Kier alpha value is -0.0800. The van der Waals surface area contributed by atoms with Crippen LogP contribution in [0.5, 0.6) is 0 Å². The molecule has 0 saturated heterocycles. The third kappa shape index (κ3) is 4.98. The highest BCUT2D eigenvalue weighted by molar-refractivity contribution is 4.78. The fourth-order valence-corrected chi connectivity index (χ4v) is 2.06. The van der Waals surface area contributed by atoms with Crippen LogP contribution in [0.25, 0.3) is 0 Å². The smallest absolute Gasteiger partial charge is 0.0725 e. The second kappa shape index (κ2) is 7.24. The fraction of sp³-hybridized carbons (Fsp3) is 1.00. The quantitative estimate of drug-likeness (QED) is 0.636. The molecule has 0 spiro atoms.